The fourth-order valence-corrected chi connectivity index (χ4v) is 0.563. The van der Waals surface area contributed by atoms with Gasteiger partial charge in [-0.3, -0.25) is 0 Å². The number of epoxide rings is 1. The summed E-state index contributed by atoms with van der Waals surface area (Å²) in [6.07, 6.45) is -1.45. The van der Waals surface area contributed by atoms with E-state index in [0.717, 1.165) is 0 Å². The molecule has 0 bridgehead atoms. The van der Waals surface area contributed by atoms with E-state index in [1.807, 2.05) is 0 Å². The van der Waals surface area contributed by atoms with Gasteiger partial charge in [0.2, 0.25) is 0 Å². The Labute approximate surface area is 47.9 Å². The van der Waals surface area contributed by atoms with E-state index < -0.39 is 12.2 Å². The van der Waals surface area contributed by atoms with Gasteiger partial charge in [0, 0.05) is 0 Å². The molecule has 0 spiro atoms. The minimum Gasteiger partial charge on any atom is -0.391 e. The van der Waals surface area contributed by atoms with Gasteiger partial charge in [0.1, 0.15) is 12.2 Å². The van der Waals surface area contributed by atoms with Crippen LogP contribution in [0.2, 0.25) is 0 Å². The van der Waals surface area contributed by atoms with Crippen molar-refractivity contribution >= 4 is 0 Å². The highest BCUT2D eigenvalue weighted by atomic mass is 16.6. The summed E-state index contributed by atoms with van der Waals surface area (Å²) < 4.78 is 4.72. The molecule has 2 N–H and O–H groups in total. The highest BCUT2D eigenvalue weighted by molar-refractivity contribution is 4.81. The summed E-state index contributed by atoms with van der Waals surface area (Å²) in [6.45, 7) is 2.14. The third kappa shape index (κ3) is 1.18. The van der Waals surface area contributed by atoms with Gasteiger partial charge in [-0.15, -0.1) is 0 Å². The van der Waals surface area contributed by atoms with Gasteiger partial charge in [-0.25, -0.2) is 0 Å². The lowest BCUT2D eigenvalue weighted by atomic mass is 10.2. The summed E-state index contributed by atoms with van der Waals surface area (Å²) in [7, 11) is 0. The Balaban J connectivity index is 2.22. The maximum atomic E-state index is 8.89. The Kier molecular flexibility index (Phi) is 1.51. The zero-order valence-electron chi connectivity index (χ0n) is 4.74. The highest BCUT2D eigenvalue weighted by Crippen LogP contribution is 2.15. The molecular formula is C5H10O3. The molecule has 3 unspecified atom stereocenters. The van der Waals surface area contributed by atoms with Crippen molar-refractivity contribution in [2.75, 3.05) is 6.61 Å². The maximum absolute atomic E-state index is 8.89. The molecule has 48 valence electrons. The Hall–Kier alpha value is -0.120. The van der Waals surface area contributed by atoms with Crippen molar-refractivity contribution in [2.24, 2.45) is 0 Å². The minimum atomic E-state index is -0.685. The van der Waals surface area contributed by atoms with Crippen LogP contribution in [-0.4, -0.2) is 35.1 Å². The highest BCUT2D eigenvalue weighted by Gasteiger charge is 2.33. The van der Waals surface area contributed by atoms with Crippen molar-refractivity contribution in [1.82, 2.24) is 0 Å². The van der Waals surface area contributed by atoms with E-state index in [-0.39, 0.29) is 6.10 Å². The molecule has 1 saturated heterocycles. The summed E-state index contributed by atoms with van der Waals surface area (Å²) in [4.78, 5) is 0. The first-order chi connectivity index (χ1) is 3.72. The molecule has 0 aromatic rings. The predicted octanol–water partition coefficient (Wildman–Crippen LogP) is -0.873. The van der Waals surface area contributed by atoms with E-state index in [1.54, 1.807) is 6.92 Å². The SMILES string of the molecule is CC(O)C(O)C1CO1. The van der Waals surface area contributed by atoms with Crippen LogP contribution in [-0.2, 0) is 4.74 Å². The number of aliphatic hydroxyl groups excluding tert-OH is 2. The van der Waals surface area contributed by atoms with Crippen LogP contribution < -0.4 is 0 Å². The first-order valence-electron chi connectivity index (χ1n) is 2.69. The zero-order valence-corrected chi connectivity index (χ0v) is 4.74. The standard InChI is InChI=1S/C5H10O3/c1-3(6)5(7)4-2-8-4/h3-7H,2H2,1H3. The summed E-state index contributed by atoms with van der Waals surface area (Å²) in [5.74, 6) is 0. The van der Waals surface area contributed by atoms with Crippen molar-refractivity contribution < 1.29 is 14.9 Å². The van der Waals surface area contributed by atoms with E-state index in [9.17, 15) is 0 Å². The third-order valence-corrected chi connectivity index (χ3v) is 1.23. The topological polar surface area (TPSA) is 53.0 Å². The van der Waals surface area contributed by atoms with Crippen molar-refractivity contribution in [2.45, 2.75) is 25.2 Å². The van der Waals surface area contributed by atoms with Crippen LogP contribution in [0.1, 0.15) is 6.92 Å². The van der Waals surface area contributed by atoms with Gasteiger partial charge in [0.15, 0.2) is 0 Å². The lowest BCUT2D eigenvalue weighted by molar-refractivity contribution is 0.0137. The fourth-order valence-electron chi connectivity index (χ4n) is 0.563. The lowest BCUT2D eigenvalue weighted by Gasteiger charge is -2.08. The molecule has 0 aromatic heterocycles. The molecule has 0 aromatic carbocycles. The quantitative estimate of drug-likeness (QED) is 0.463. The molecule has 1 aliphatic rings. The first kappa shape index (κ1) is 6.01. The number of ether oxygens (including phenoxy) is 1. The second-order valence-electron chi connectivity index (χ2n) is 2.10. The van der Waals surface area contributed by atoms with E-state index in [2.05, 4.69) is 0 Å². The van der Waals surface area contributed by atoms with E-state index in [1.165, 1.54) is 0 Å². The molecule has 1 heterocycles. The fraction of sp³-hybridized carbons (Fsp3) is 1.00. The Morgan fingerprint density at radius 3 is 2.25 bits per heavy atom. The Morgan fingerprint density at radius 2 is 2.12 bits per heavy atom. The largest absolute Gasteiger partial charge is 0.391 e. The average molecular weight is 118 g/mol. The van der Waals surface area contributed by atoms with Crippen molar-refractivity contribution in [3.63, 3.8) is 0 Å². The summed E-state index contributed by atoms with van der Waals surface area (Å²) in [6, 6.07) is 0. The normalized spacial score (nSPS) is 34.1. The van der Waals surface area contributed by atoms with E-state index in [0.29, 0.717) is 6.61 Å². The van der Waals surface area contributed by atoms with Crippen LogP contribution >= 0.6 is 0 Å². The van der Waals surface area contributed by atoms with Crippen LogP contribution in [0.3, 0.4) is 0 Å². The molecule has 0 saturated carbocycles. The Morgan fingerprint density at radius 1 is 1.62 bits per heavy atom. The predicted molar refractivity (Wildman–Crippen MR) is 27.4 cm³/mol. The van der Waals surface area contributed by atoms with Gasteiger partial charge in [-0.1, -0.05) is 0 Å². The number of hydrogen-bond donors (Lipinski definition) is 2. The molecule has 3 nitrogen and oxygen atoms in total. The lowest BCUT2D eigenvalue weighted by Crippen LogP contribution is -2.27. The molecule has 3 heteroatoms. The molecule has 8 heavy (non-hydrogen) atoms. The summed E-state index contributed by atoms with van der Waals surface area (Å²) in [5.41, 5.74) is 0. The molecule has 1 aliphatic heterocycles. The van der Waals surface area contributed by atoms with E-state index >= 15 is 0 Å². The number of rotatable bonds is 2. The second kappa shape index (κ2) is 2.01. The number of hydrogen-bond acceptors (Lipinski definition) is 3. The molecule has 1 rings (SSSR count). The van der Waals surface area contributed by atoms with Gasteiger partial charge >= 0.3 is 0 Å². The second-order valence-corrected chi connectivity index (χ2v) is 2.10. The summed E-state index contributed by atoms with van der Waals surface area (Å²) >= 11 is 0. The van der Waals surface area contributed by atoms with Gasteiger partial charge in [0.05, 0.1) is 12.7 Å². The molecule has 0 radical (unpaired) electrons. The van der Waals surface area contributed by atoms with Crippen molar-refractivity contribution in [3.8, 4) is 0 Å². The van der Waals surface area contributed by atoms with E-state index in [4.69, 9.17) is 14.9 Å². The number of aliphatic hydroxyl groups is 2. The van der Waals surface area contributed by atoms with Crippen LogP contribution in [0.5, 0.6) is 0 Å². The van der Waals surface area contributed by atoms with Crippen molar-refractivity contribution in [1.29, 1.82) is 0 Å². The van der Waals surface area contributed by atoms with Gasteiger partial charge < -0.3 is 14.9 Å². The van der Waals surface area contributed by atoms with Gasteiger partial charge in [-0.2, -0.15) is 0 Å². The monoisotopic (exact) mass is 118 g/mol. The molecule has 1 fully saturated rings. The molecular weight excluding hydrogens is 108 g/mol. The first-order valence-corrected chi connectivity index (χ1v) is 2.69. The van der Waals surface area contributed by atoms with Gasteiger partial charge in [-0.05, 0) is 6.92 Å². The van der Waals surface area contributed by atoms with Gasteiger partial charge in [0.25, 0.3) is 0 Å². The summed E-state index contributed by atoms with van der Waals surface area (Å²) in [5, 5.41) is 17.6. The van der Waals surface area contributed by atoms with Crippen LogP contribution in [0, 0.1) is 0 Å². The Bertz CT molecular complexity index is 75.7. The third-order valence-electron chi connectivity index (χ3n) is 1.23. The smallest absolute Gasteiger partial charge is 0.109 e. The molecule has 0 amide bonds. The maximum Gasteiger partial charge on any atom is 0.109 e. The average Bonchev–Trinajstić information content (AvgIpc) is 2.43. The van der Waals surface area contributed by atoms with Crippen molar-refractivity contribution in [3.05, 3.63) is 0 Å². The minimum absolute atomic E-state index is 0.102. The molecule has 3 atom stereocenters. The van der Waals surface area contributed by atoms with Crippen LogP contribution in [0.25, 0.3) is 0 Å². The zero-order chi connectivity index (χ0) is 6.15. The van der Waals surface area contributed by atoms with Crippen LogP contribution in [0.4, 0.5) is 0 Å². The van der Waals surface area contributed by atoms with Crippen LogP contribution in [0.15, 0.2) is 0 Å². The molecule has 0 aliphatic carbocycles.